The first-order chi connectivity index (χ1) is 14.1. The highest BCUT2D eigenvalue weighted by molar-refractivity contribution is 7.83. The van der Waals surface area contributed by atoms with Crippen molar-refractivity contribution < 1.29 is 14.1 Å². The van der Waals surface area contributed by atoms with Crippen LogP contribution in [0.2, 0.25) is 0 Å². The molecule has 0 fully saturated rings. The molecule has 4 rings (SSSR count). The van der Waals surface area contributed by atoms with E-state index in [4.69, 9.17) is 0 Å². The number of aromatic hydroxyl groups is 1. The number of benzene rings is 2. The van der Waals surface area contributed by atoms with Crippen molar-refractivity contribution in [2.75, 3.05) is 13.1 Å². The minimum Gasteiger partial charge on any atom is -0.506 e. The number of rotatable bonds is 7. The molecule has 4 N–H and O–H groups in total. The molecule has 0 aliphatic carbocycles. The van der Waals surface area contributed by atoms with Crippen molar-refractivity contribution in [1.29, 1.82) is 0 Å². The number of H-pyrrole nitrogens is 1. The van der Waals surface area contributed by atoms with Crippen LogP contribution in [-0.4, -0.2) is 38.3 Å². The van der Waals surface area contributed by atoms with Gasteiger partial charge in [-0.05, 0) is 35.7 Å². The number of carbonyl (C=O) groups excluding carboxylic acids is 1. The standard InChI is InChI=1S/C20H18N4O3S2/c25-15-9-8-14(17-18(15)24-19(23-17)16-7-4-12-28-16)20(26)21-10-11-22-29(27)13-5-2-1-3-6-13/h1-9,12,22,25H,10-11H2,(H,21,26)(H,23,24). The summed E-state index contributed by atoms with van der Waals surface area (Å²) in [7, 11) is -1.33. The normalized spacial score (nSPS) is 12.1. The smallest absolute Gasteiger partial charge is 0.253 e. The van der Waals surface area contributed by atoms with Crippen LogP contribution in [0.25, 0.3) is 21.7 Å². The zero-order valence-corrected chi connectivity index (χ0v) is 16.8. The molecule has 7 nitrogen and oxygen atoms in total. The van der Waals surface area contributed by atoms with Crippen LogP contribution in [0, 0.1) is 0 Å². The molecular weight excluding hydrogens is 408 g/mol. The molecule has 0 saturated heterocycles. The van der Waals surface area contributed by atoms with Crippen molar-refractivity contribution >= 4 is 39.3 Å². The minimum atomic E-state index is -1.33. The van der Waals surface area contributed by atoms with Crippen molar-refractivity contribution in [2.45, 2.75) is 4.90 Å². The Morgan fingerprint density at radius 1 is 1.10 bits per heavy atom. The van der Waals surface area contributed by atoms with Crippen LogP contribution in [0.5, 0.6) is 5.75 Å². The number of fused-ring (bicyclic) bond motifs is 1. The van der Waals surface area contributed by atoms with Gasteiger partial charge in [-0.25, -0.2) is 13.9 Å². The summed E-state index contributed by atoms with van der Waals surface area (Å²) < 4.78 is 15.0. The first-order valence-corrected chi connectivity index (χ1v) is 10.9. The van der Waals surface area contributed by atoms with Crippen molar-refractivity contribution in [3.63, 3.8) is 0 Å². The highest BCUT2D eigenvalue weighted by Crippen LogP contribution is 2.30. The molecule has 0 radical (unpaired) electrons. The van der Waals surface area contributed by atoms with E-state index in [2.05, 4.69) is 20.0 Å². The summed E-state index contributed by atoms with van der Waals surface area (Å²) in [5.41, 5.74) is 1.19. The predicted octanol–water partition coefficient (Wildman–Crippen LogP) is 3.04. The maximum absolute atomic E-state index is 12.6. The van der Waals surface area contributed by atoms with Crippen LogP contribution in [0.1, 0.15) is 10.4 Å². The molecule has 1 unspecified atom stereocenters. The Morgan fingerprint density at radius 2 is 1.93 bits per heavy atom. The molecule has 0 bridgehead atoms. The first kappa shape index (κ1) is 19.3. The van der Waals surface area contributed by atoms with E-state index in [9.17, 15) is 14.1 Å². The van der Waals surface area contributed by atoms with Gasteiger partial charge >= 0.3 is 0 Å². The fourth-order valence-corrected chi connectivity index (χ4v) is 4.36. The van der Waals surface area contributed by atoms with E-state index in [1.165, 1.54) is 17.4 Å². The Hall–Kier alpha value is -3.01. The molecule has 0 aliphatic heterocycles. The van der Waals surface area contributed by atoms with Gasteiger partial charge < -0.3 is 15.4 Å². The molecule has 0 saturated carbocycles. The van der Waals surface area contributed by atoms with Crippen LogP contribution in [0.4, 0.5) is 0 Å². The molecule has 2 aromatic carbocycles. The zero-order chi connectivity index (χ0) is 20.2. The summed E-state index contributed by atoms with van der Waals surface area (Å²) in [4.78, 5) is 21.8. The van der Waals surface area contributed by atoms with E-state index in [0.717, 1.165) is 4.88 Å². The number of aromatic nitrogens is 2. The number of hydrogen-bond donors (Lipinski definition) is 4. The molecule has 29 heavy (non-hydrogen) atoms. The highest BCUT2D eigenvalue weighted by Gasteiger charge is 2.17. The molecule has 4 aromatic rings. The van der Waals surface area contributed by atoms with E-state index in [-0.39, 0.29) is 11.7 Å². The molecule has 1 amide bonds. The van der Waals surface area contributed by atoms with E-state index in [1.807, 2.05) is 35.7 Å². The van der Waals surface area contributed by atoms with Gasteiger partial charge in [-0.3, -0.25) is 4.79 Å². The number of carbonyl (C=O) groups is 1. The summed E-state index contributed by atoms with van der Waals surface area (Å²) in [5.74, 6) is 0.323. The second-order valence-corrected chi connectivity index (χ2v) is 8.40. The van der Waals surface area contributed by atoms with Gasteiger partial charge in [0.25, 0.3) is 5.91 Å². The molecule has 148 valence electrons. The molecule has 9 heteroatoms. The third-order valence-corrected chi connectivity index (χ3v) is 6.27. The Kier molecular flexibility index (Phi) is 5.70. The molecule has 0 spiro atoms. The maximum Gasteiger partial charge on any atom is 0.253 e. The second-order valence-electron chi connectivity index (χ2n) is 6.15. The zero-order valence-electron chi connectivity index (χ0n) is 15.2. The number of imidazole rings is 1. The minimum absolute atomic E-state index is 0.0341. The van der Waals surface area contributed by atoms with Crippen molar-refractivity contribution in [3.05, 3.63) is 65.5 Å². The monoisotopic (exact) mass is 426 g/mol. The summed E-state index contributed by atoms with van der Waals surface area (Å²) >= 11 is 1.52. The lowest BCUT2D eigenvalue weighted by atomic mass is 10.1. The molecule has 2 heterocycles. The quantitative estimate of drug-likeness (QED) is 0.341. The lowest BCUT2D eigenvalue weighted by Gasteiger charge is -2.07. The third-order valence-electron chi connectivity index (χ3n) is 4.22. The molecule has 2 aromatic heterocycles. The Bertz CT molecular complexity index is 1160. The van der Waals surface area contributed by atoms with Gasteiger partial charge in [0.15, 0.2) is 0 Å². The van der Waals surface area contributed by atoms with Gasteiger partial charge in [0.05, 0.1) is 15.3 Å². The Labute approximate surface area is 173 Å². The summed E-state index contributed by atoms with van der Waals surface area (Å²) in [6, 6.07) is 15.9. The first-order valence-electron chi connectivity index (χ1n) is 8.87. The molecule has 1 atom stereocenters. The van der Waals surface area contributed by atoms with Gasteiger partial charge in [0, 0.05) is 13.1 Å². The molecule has 0 aliphatic rings. The number of amides is 1. The summed E-state index contributed by atoms with van der Waals surface area (Å²) in [6.07, 6.45) is 0. The van der Waals surface area contributed by atoms with Crippen molar-refractivity contribution in [2.24, 2.45) is 0 Å². The van der Waals surface area contributed by atoms with Crippen molar-refractivity contribution in [1.82, 2.24) is 20.0 Å². The lowest BCUT2D eigenvalue weighted by molar-refractivity contribution is 0.0956. The molecular formula is C20H18N4O3S2. The number of nitrogens with zero attached hydrogens (tertiary/aromatic N) is 1. The summed E-state index contributed by atoms with van der Waals surface area (Å²) in [5, 5.41) is 14.9. The van der Waals surface area contributed by atoms with Crippen LogP contribution in [-0.2, 0) is 11.0 Å². The number of thiophene rings is 1. The average Bonchev–Trinajstić information content (AvgIpc) is 3.42. The predicted molar refractivity (Wildman–Crippen MR) is 114 cm³/mol. The number of nitrogens with one attached hydrogen (secondary N) is 3. The number of hydrogen-bond acceptors (Lipinski definition) is 5. The number of phenols is 1. The fourth-order valence-electron chi connectivity index (χ4n) is 2.83. The second kappa shape index (κ2) is 8.56. The number of phenolic OH excluding ortho intramolecular Hbond substituents is 1. The van der Waals surface area contributed by atoms with Gasteiger partial charge in [-0.15, -0.1) is 11.3 Å². The highest BCUT2D eigenvalue weighted by atomic mass is 32.2. The number of aromatic amines is 1. The lowest BCUT2D eigenvalue weighted by Crippen LogP contribution is -2.32. The van der Waals surface area contributed by atoms with Gasteiger partial charge in [-0.2, -0.15) is 0 Å². The van der Waals surface area contributed by atoms with Gasteiger partial charge in [-0.1, -0.05) is 24.3 Å². The van der Waals surface area contributed by atoms with Gasteiger partial charge in [0.1, 0.15) is 33.6 Å². The fraction of sp³-hybridized carbons (Fsp3) is 0.100. The SMILES string of the molecule is O=C(NCCNS(=O)c1ccccc1)c1ccc(O)c2[nH]c(-c3cccs3)nc12. The topological polar surface area (TPSA) is 107 Å². The maximum atomic E-state index is 12.6. The average molecular weight is 427 g/mol. The Morgan fingerprint density at radius 3 is 2.69 bits per heavy atom. The van der Waals surface area contributed by atoms with E-state index >= 15 is 0 Å². The van der Waals surface area contributed by atoms with Gasteiger partial charge in [0.2, 0.25) is 0 Å². The third kappa shape index (κ3) is 4.21. The summed E-state index contributed by atoms with van der Waals surface area (Å²) in [6.45, 7) is 0.636. The Balaban J connectivity index is 1.43. The van der Waals surface area contributed by atoms with E-state index in [0.29, 0.717) is 40.4 Å². The van der Waals surface area contributed by atoms with E-state index < -0.39 is 11.0 Å². The van der Waals surface area contributed by atoms with Crippen LogP contribution >= 0.6 is 11.3 Å². The largest absolute Gasteiger partial charge is 0.506 e. The van der Waals surface area contributed by atoms with E-state index in [1.54, 1.807) is 18.2 Å². The van der Waals surface area contributed by atoms with Crippen LogP contribution < -0.4 is 10.0 Å². The van der Waals surface area contributed by atoms with Crippen LogP contribution in [0.15, 0.2) is 64.9 Å². The van der Waals surface area contributed by atoms with Crippen molar-refractivity contribution in [3.8, 4) is 16.5 Å². The van der Waals surface area contributed by atoms with Crippen LogP contribution in [0.3, 0.4) is 0 Å².